The molecule has 19 heavy (non-hydrogen) atoms. The summed E-state index contributed by atoms with van der Waals surface area (Å²) < 4.78 is 7.57. The Kier molecular flexibility index (Phi) is 2.85. The molecule has 0 amide bonds. The van der Waals surface area contributed by atoms with Crippen molar-refractivity contribution in [3.8, 4) is 6.01 Å². The van der Waals surface area contributed by atoms with Gasteiger partial charge in [-0.3, -0.25) is 4.57 Å². The number of allylic oxidation sites excluding steroid dienone is 1. The van der Waals surface area contributed by atoms with Crippen LogP contribution in [0.4, 0.5) is 0 Å². The summed E-state index contributed by atoms with van der Waals surface area (Å²) in [6.45, 7) is 6.76. The second kappa shape index (κ2) is 4.53. The van der Waals surface area contributed by atoms with Crippen molar-refractivity contribution in [2.24, 2.45) is 0 Å². The van der Waals surface area contributed by atoms with Crippen LogP contribution in [0.5, 0.6) is 6.01 Å². The normalized spacial score (nSPS) is 17.2. The lowest BCUT2D eigenvalue weighted by atomic mass is 9.96. The summed E-state index contributed by atoms with van der Waals surface area (Å²) in [5, 5.41) is 8.47. The van der Waals surface area contributed by atoms with Crippen LogP contribution in [0.15, 0.2) is 24.3 Å². The zero-order chi connectivity index (χ0) is 13.4. The second-order valence-electron chi connectivity index (χ2n) is 4.75. The molecule has 1 aromatic heterocycles. The molecule has 0 radical (unpaired) electrons. The fourth-order valence-corrected chi connectivity index (χ4v) is 2.58. The maximum absolute atomic E-state index is 5.57. The van der Waals surface area contributed by atoms with Crippen LogP contribution in [-0.4, -0.2) is 21.4 Å². The molecule has 0 bridgehead atoms. The van der Waals surface area contributed by atoms with Crippen LogP contribution in [0.3, 0.4) is 0 Å². The van der Waals surface area contributed by atoms with E-state index in [-0.39, 0.29) is 5.92 Å². The highest BCUT2D eigenvalue weighted by molar-refractivity contribution is 5.74. The van der Waals surface area contributed by atoms with Gasteiger partial charge in [0.05, 0.1) is 6.61 Å². The molecular weight excluding hydrogens is 238 g/mol. The highest BCUT2D eigenvalue weighted by Gasteiger charge is 2.24. The molecule has 0 spiro atoms. The third-order valence-electron chi connectivity index (χ3n) is 3.50. The monoisotopic (exact) mass is 255 g/mol. The molecule has 0 aliphatic carbocycles. The molecule has 0 saturated carbocycles. The Morgan fingerprint density at radius 3 is 2.84 bits per heavy atom. The first kappa shape index (κ1) is 12.0. The van der Waals surface area contributed by atoms with Gasteiger partial charge in [-0.05, 0) is 31.1 Å². The number of ether oxygens (including phenoxy) is 1. The van der Waals surface area contributed by atoms with E-state index in [0.717, 1.165) is 11.5 Å². The van der Waals surface area contributed by atoms with Gasteiger partial charge in [-0.1, -0.05) is 36.3 Å². The number of rotatable bonds is 2. The molecule has 98 valence electrons. The van der Waals surface area contributed by atoms with E-state index in [1.807, 2.05) is 11.5 Å². The maximum atomic E-state index is 5.57. The molecule has 1 aliphatic rings. The predicted octanol–water partition coefficient (Wildman–Crippen LogP) is 3.16. The first-order chi connectivity index (χ1) is 9.22. The fourth-order valence-electron chi connectivity index (χ4n) is 2.58. The van der Waals surface area contributed by atoms with Gasteiger partial charge in [0.2, 0.25) is 0 Å². The van der Waals surface area contributed by atoms with E-state index < -0.39 is 0 Å². The lowest BCUT2D eigenvalue weighted by Gasteiger charge is -2.12. The van der Waals surface area contributed by atoms with Crippen molar-refractivity contribution < 1.29 is 4.74 Å². The lowest BCUT2D eigenvalue weighted by Crippen LogP contribution is -2.07. The molecule has 1 unspecified atom stereocenters. The second-order valence-corrected chi connectivity index (χ2v) is 4.75. The third kappa shape index (κ3) is 1.84. The summed E-state index contributed by atoms with van der Waals surface area (Å²) in [5.41, 5.74) is 3.59. The molecule has 1 aliphatic heterocycles. The molecule has 0 saturated heterocycles. The summed E-state index contributed by atoms with van der Waals surface area (Å²) >= 11 is 0. The molecule has 3 rings (SSSR count). The first-order valence-electron chi connectivity index (χ1n) is 6.58. The van der Waals surface area contributed by atoms with Crippen LogP contribution in [0.2, 0.25) is 0 Å². The fraction of sp³-hybridized carbons (Fsp3) is 0.333. The average molecular weight is 255 g/mol. The topological polar surface area (TPSA) is 39.9 Å². The van der Waals surface area contributed by atoms with E-state index in [0.29, 0.717) is 12.6 Å². The summed E-state index contributed by atoms with van der Waals surface area (Å²) in [6.07, 6.45) is 2.16. The number of aromatic nitrogens is 3. The molecule has 0 fully saturated rings. The third-order valence-corrected chi connectivity index (χ3v) is 3.50. The summed E-state index contributed by atoms with van der Waals surface area (Å²) in [4.78, 5) is 0. The first-order valence-corrected chi connectivity index (χ1v) is 6.58. The number of fused-ring (bicyclic) bond motifs is 2. The van der Waals surface area contributed by atoms with Crippen LogP contribution < -0.4 is 4.74 Å². The van der Waals surface area contributed by atoms with E-state index >= 15 is 0 Å². The van der Waals surface area contributed by atoms with Crippen molar-refractivity contribution in [1.29, 1.82) is 0 Å². The molecule has 1 aromatic carbocycles. The number of nitrogens with zero attached hydrogens (tertiary/aromatic N) is 3. The van der Waals surface area contributed by atoms with Crippen LogP contribution in [0, 0.1) is 0 Å². The van der Waals surface area contributed by atoms with Crippen LogP contribution in [0.25, 0.3) is 11.8 Å². The minimum Gasteiger partial charge on any atom is -0.464 e. The Morgan fingerprint density at radius 1 is 1.26 bits per heavy atom. The molecule has 0 N–H and O–H groups in total. The van der Waals surface area contributed by atoms with Crippen LogP contribution in [-0.2, 0) is 0 Å². The average Bonchev–Trinajstić information content (AvgIpc) is 2.78. The number of hydrogen-bond donors (Lipinski definition) is 0. The SMILES string of the molecule is CCOc1nnc2n1C(C)=Cc1ccccc1C2C. The standard InChI is InChI=1S/C15H17N3O/c1-4-19-15-17-16-14-11(3)13-8-6-5-7-12(13)9-10(2)18(14)15/h5-9,11H,4H2,1-3H3. The van der Waals surface area contributed by atoms with Gasteiger partial charge in [-0.15, -0.1) is 5.10 Å². The van der Waals surface area contributed by atoms with Crippen LogP contribution in [0.1, 0.15) is 43.6 Å². The molecule has 4 heteroatoms. The van der Waals surface area contributed by atoms with E-state index in [1.165, 1.54) is 11.1 Å². The Balaban J connectivity index is 2.22. The van der Waals surface area contributed by atoms with Crippen molar-refractivity contribution >= 4 is 11.8 Å². The van der Waals surface area contributed by atoms with Crippen molar-refractivity contribution in [3.63, 3.8) is 0 Å². The van der Waals surface area contributed by atoms with Gasteiger partial charge < -0.3 is 4.74 Å². The summed E-state index contributed by atoms with van der Waals surface area (Å²) in [7, 11) is 0. The van der Waals surface area contributed by atoms with E-state index in [2.05, 4.69) is 54.4 Å². The van der Waals surface area contributed by atoms with Gasteiger partial charge in [0.1, 0.15) is 5.82 Å². The minimum absolute atomic E-state index is 0.201. The quantitative estimate of drug-likeness (QED) is 0.827. The van der Waals surface area contributed by atoms with E-state index in [1.54, 1.807) is 0 Å². The smallest absolute Gasteiger partial charge is 0.321 e. The zero-order valence-electron chi connectivity index (χ0n) is 11.4. The van der Waals surface area contributed by atoms with Crippen molar-refractivity contribution in [2.45, 2.75) is 26.7 Å². The van der Waals surface area contributed by atoms with Gasteiger partial charge in [-0.25, -0.2) is 0 Å². The highest BCUT2D eigenvalue weighted by Crippen LogP contribution is 2.34. The molecular formula is C15H17N3O. The Bertz CT molecular complexity index is 643. The maximum Gasteiger partial charge on any atom is 0.321 e. The molecule has 4 nitrogen and oxygen atoms in total. The zero-order valence-corrected chi connectivity index (χ0v) is 11.4. The van der Waals surface area contributed by atoms with Crippen molar-refractivity contribution in [3.05, 3.63) is 41.2 Å². The van der Waals surface area contributed by atoms with E-state index in [9.17, 15) is 0 Å². The van der Waals surface area contributed by atoms with Gasteiger partial charge >= 0.3 is 6.01 Å². The van der Waals surface area contributed by atoms with Crippen LogP contribution >= 0.6 is 0 Å². The molecule has 1 atom stereocenters. The molecule has 2 heterocycles. The predicted molar refractivity (Wildman–Crippen MR) is 75.0 cm³/mol. The minimum atomic E-state index is 0.201. The largest absolute Gasteiger partial charge is 0.464 e. The van der Waals surface area contributed by atoms with Gasteiger partial charge in [0, 0.05) is 11.6 Å². The Morgan fingerprint density at radius 2 is 2.05 bits per heavy atom. The number of benzene rings is 1. The lowest BCUT2D eigenvalue weighted by molar-refractivity contribution is 0.306. The van der Waals surface area contributed by atoms with Gasteiger partial charge in [0.25, 0.3) is 0 Å². The van der Waals surface area contributed by atoms with Crippen molar-refractivity contribution in [2.75, 3.05) is 6.61 Å². The summed E-state index contributed by atoms with van der Waals surface area (Å²) in [5.74, 6) is 1.13. The van der Waals surface area contributed by atoms with E-state index in [4.69, 9.17) is 4.74 Å². The van der Waals surface area contributed by atoms with Gasteiger partial charge in [0.15, 0.2) is 0 Å². The Hall–Kier alpha value is -2.10. The highest BCUT2D eigenvalue weighted by atomic mass is 16.5. The van der Waals surface area contributed by atoms with Gasteiger partial charge in [-0.2, -0.15) is 0 Å². The molecule has 2 aromatic rings. The van der Waals surface area contributed by atoms with Crippen molar-refractivity contribution in [1.82, 2.24) is 14.8 Å². The summed E-state index contributed by atoms with van der Waals surface area (Å²) in [6, 6.07) is 8.98. The number of hydrogen-bond acceptors (Lipinski definition) is 3. The Labute approximate surface area is 112 Å².